The van der Waals surface area contributed by atoms with E-state index >= 15 is 0 Å². The van der Waals surface area contributed by atoms with Crippen molar-refractivity contribution in [3.63, 3.8) is 0 Å². The fourth-order valence-electron chi connectivity index (χ4n) is 4.70. The van der Waals surface area contributed by atoms with E-state index in [4.69, 9.17) is 4.74 Å². The lowest BCUT2D eigenvalue weighted by molar-refractivity contribution is -0.144. The van der Waals surface area contributed by atoms with Crippen LogP contribution < -0.4 is 9.77 Å². The van der Waals surface area contributed by atoms with Gasteiger partial charge < -0.3 is 4.74 Å². The maximum Gasteiger partial charge on any atom is 0.416 e. The van der Waals surface area contributed by atoms with E-state index < -0.39 is 63.8 Å². The van der Waals surface area contributed by atoms with Crippen molar-refractivity contribution >= 4 is 46.6 Å². The van der Waals surface area contributed by atoms with Crippen LogP contribution in [0.2, 0.25) is 0 Å². The average Bonchev–Trinajstić information content (AvgIpc) is 3.30. The van der Waals surface area contributed by atoms with Crippen LogP contribution in [0.5, 0.6) is 0 Å². The lowest BCUT2D eigenvalue weighted by atomic mass is 9.83. The lowest BCUT2D eigenvalue weighted by Gasteiger charge is -2.30. The molecule has 0 N–H and O–H groups in total. The number of thiazole rings is 1. The molecule has 2 aromatic carbocycles. The van der Waals surface area contributed by atoms with Crippen LogP contribution in [0.15, 0.2) is 58.4 Å². The molecule has 2 aliphatic rings. The van der Waals surface area contributed by atoms with Crippen molar-refractivity contribution in [3.8, 4) is 0 Å². The highest BCUT2D eigenvalue weighted by Crippen LogP contribution is 2.54. The summed E-state index contributed by atoms with van der Waals surface area (Å²) < 4.78 is 59.9. The van der Waals surface area contributed by atoms with Crippen LogP contribution in [0.1, 0.15) is 28.8 Å². The van der Waals surface area contributed by atoms with Crippen LogP contribution in [0.3, 0.4) is 0 Å². The molecular formula is C25H18F4N2O5S2. The zero-order valence-electron chi connectivity index (χ0n) is 19.5. The molecule has 3 aromatic rings. The second-order valence-electron chi connectivity index (χ2n) is 8.58. The minimum absolute atomic E-state index is 0.0922. The number of alkyl halides is 3. The molecule has 0 aliphatic carbocycles. The zero-order chi connectivity index (χ0) is 27.4. The van der Waals surface area contributed by atoms with Crippen molar-refractivity contribution < 1.29 is 36.7 Å². The summed E-state index contributed by atoms with van der Waals surface area (Å²) in [5.41, 5.74) is -0.801. The molecule has 2 unspecified atom stereocenters. The molecule has 0 saturated carbocycles. The van der Waals surface area contributed by atoms with Gasteiger partial charge in [0.2, 0.25) is 11.8 Å². The lowest BCUT2D eigenvalue weighted by Crippen LogP contribution is -2.32. The Morgan fingerprint density at radius 1 is 1.05 bits per heavy atom. The third-order valence-corrected chi connectivity index (χ3v) is 8.91. The minimum atomic E-state index is -4.69. The first-order valence-electron chi connectivity index (χ1n) is 11.4. The quantitative estimate of drug-likeness (QED) is 0.258. The van der Waals surface area contributed by atoms with Crippen LogP contribution in [0.4, 0.5) is 23.2 Å². The topological polar surface area (TPSA) is 85.7 Å². The number of amides is 2. The Kier molecular flexibility index (Phi) is 6.68. The van der Waals surface area contributed by atoms with E-state index in [1.807, 2.05) is 0 Å². The van der Waals surface area contributed by atoms with Gasteiger partial charge in [0.1, 0.15) is 17.6 Å². The fourth-order valence-corrected chi connectivity index (χ4v) is 7.47. The van der Waals surface area contributed by atoms with Crippen molar-refractivity contribution in [2.75, 3.05) is 11.5 Å². The molecule has 198 valence electrons. The fraction of sp³-hybridized carbons (Fsp3) is 0.280. The van der Waals surface area contributed by atoms with Gasteiger partial charge in [-0.15, -0.1) is 0 Å². The van der Waals surface area contributed by atoms with Gasteiger partial charge in [-0.3, -0.25) is 23.7 Å². The predicted molar refractivity (Wildman–Crippen MR) is 131 cm³/mol. The SMILES string of the molecule is CCOC(=O)Cn1c2c(sc1=O)[C@H](c1ccc(F)cc1)C1C(=O)N(c3cccc(C(F)(F)F)c3)C(=O)C1S2. The smallest absolute Gasteiger partial charge is 0.416 e. The molecule has 7 nitrogen and oxygen atoms in total. The number of ether oxygens (including phenoxy) is 1. The van der Waals surface area contributed by atoms with Gasteiger partial charge in [0.15, 0.2) is 0 Å². The first-order chi connectivity index (χ1) is 18.0. The summed E-state index contributed by atoms with van der Waals surface area (Å²) in [6.07, 6.45) is -4.69. The number of thioether (sulfide) groups is 1. The van der Waals surface area contributed by atoms with Crippen LogP contribution in [0.25, 0.3) is 0 Å². The minimum Gasteiger partial charge on any atom is -0.465 e. The van der Waals surface area contributed by atoms with Gasteiger partial charge in [0, 0.05) is 10.8 Å². The van der Waals surface area contributed by atoms with E-state index in [0.29, 0.717) is 10.4 Å². The Morgan fingerprint density at radius 3 is 2.42 bits per heavy atom. The normalized spacial score (nSPS) is 20.9. The van der Waals surface area contributed by atoms with Gasteiger partial charge in [-0.1, -0.05) is 41.3 Å². The Labute approximate surface area is 221 Å². The second kappa shape index (κ2) is 9.70. The maximum atomic E-state index is 13.7. The van der Waals surface area contributed by atoms with E-state index in [2.05, 4.69) is 0 Å². The first kappa shape index (κ1) is 26.2. The van der Waals surface area contributed by atoms with E-state index in [9.17, 15) is 36.7 Å². The zero-order valence-corrected chi connectivity index (χ0v) is 21.2. The molecule has 2 amide bonds. The summed E-state index contributed by atoms with van der Waals surface area (Å²) in [6.45, 7) is 1.28. The highest BCUT2D eigenvalue weighted by molar-refractivity contribution is 8.00. The highest BCUT2D eigenvalue weighted by atomic mass is 32.2. The predicted octanol–water partition coefficient (Wildman–Crippen LogP) is 4.43. The number of nitrogens with zero attached hydrogens (tertiary/aromatic N) is 2. The van der Waals surface area contributed by atoms with Gasteiger partial charge in [-0.25, -0.2) is 9.29 Å². The van der Waals surface area contributed by atoms with Crippen molar-refractivity contribution in [2.45, 2.75) is 35.8 Å². The molecule has 13 heteroatoms. The number of halogens is 4. The number of esters is 1. The number of anilines is 1. The van der Waals surface area contributed by atoms with Gasteiger partial charge in [0.25, 0.3) is 0 Å². The summed E-state index contributed by atoms with van der Waals surface area (Å²) in [6, 6.07) is 9.14. The van der Waals surface area contributed by atoms with Crippen LogP contribution >= 0.6 is 23.1 Å². The number of rotatable bonds is 5. The highest BCUT2D eigenvalue weighted by Gasteiger charge is 2.57. The standard InChI is InChI=1S/C25H18F4N2O5S2/c1-2-36-16(32)11-30-23-20(38-24(30)35)17(12-6-8-14(26)9-7-12)18-19(37-23)22(34)31(21(18)33)15-5-3-4-13(10-15)25(27,28)29/h3-10,17-19H,2,11H2,1H3/t17-,18?,19?/m1/s1. The summed E-state index contributed by atoms with van der Waals surface area (Å²) >= 11 is 1.71. The molecule has 1 aromatic heterocycles. The van der Waals surface area contributed by atoms with Crippen molar-refractivity contribution in [2.24, 2.45) is 5.92 Å². The van der Waals surface area contributed by atoms with Crippen molar-refractivity contribution in [1.29, 1.82) is 0 Å². The van der Waals surface area contributed by atoms with Crippen LogP contribution in [-0.2, 0) is 31.8 Å². The van der Waals surface area contributed by atoms with Gasteiger partial charge in [-0.05, 0) is 42.8 Å². The molecule has 5 rings (SSSR count). The summed E-state index contributed by atoms with van der Waals surface area (Å²) in [7, 11) is 0. The number of benzene rings is 2. The number of carbonyl (C=O) groups is 3. The maximum absolute atomic E-state index is 13.7. The molecule has 3 heterocycles. The third kappa shape index (κ3) is 4.43. The van der Waals surface area contributed by atoms with E-state index in [0.717, 1.165) is 46.2 Å². The Morgan fingerprint density at radius 2 is 1.76 bits per heavy atom. The number of carbonyl (C=O) groups excluding carboxylic acids is 3. The van der Waals surface area contributed by atoms with Crippen molar-refractivity contribution in [3.05, 3.63) is 80.0 Å². The Balaban J connectivity index is 1.63. The summed E-state index contributed by atoms with van der Waals surface area (Å²) in [5.74, 6) is -4.63. The Hall–Kier alpha value is -3.45. The molecule has 0 bridgehead atoms. The molecule has 38 heavy (non-hydrogen) atoms. The molecule has 3 atom stereocenters. The largest absolute Gasteiger partial charge is 0.465 e. The van der Waals surface area contributed by atoms with Gasteiger partial charge in [0.05, 0.1) is 28.8 Å². The number of aromatic nitrogens is 1. The first-order valence-corrected chi connectivity index (χ1v) is 13.1. The van der Waals surface area contributed by atoms with E-state index in [1.54, 1.807) is 6.92 Å². The summed E-state index contributed by atoms with van der Waals surface area (Å²) in [4.78, 5) is 53.0. The summed E-state index contributed by atoms with van der Waals surface area (Å²) in [5, 5.41) is -0.808. The number of hydrogen-bond donors (Lipinski definition) is 0. The molecule has 0 radical (unpaired) electrons. The van der Waals surface area contributed by atoms with Crippen molar-refractivity contribution in [1.82, 2.24) is 4.57 Å². The average molecular weight is 567 g/mol. The van der Waals surface area contributed by atoms with E-state index in [-0.39, 0.29) is 17.3 Å². The number of fused-ring (bicyclic) bond motifs is 2. The van der Waals surface area contributed by atoms with Gasteiger partial charge in [-0.2, -0.15) is 13.2 Å². The van der Waals surface area contributed by atoms with Crippen LogP contribution in [0, 0.1) is 11.7 Å². The Bertz CT molecular complexity index is 1500. The molecule has 0 spiro atoms. The second-order valence-corrected chi connectivity index (χ2v) is 10.7. The molecular weight excluding hydrogens is 548 g/mol. The van der Waals surface area contributed by atoms with Gasteiger partial charge >= 0.3 is 17.0 Å². The third-order valence-electron chi connectivity index (χ3n) is 6.30. The molecule has 1 saturated heterocycles. The molecule has 2 aliphatic heterocycles. The van der Waals surface area contributed by atoms with Crippen LogP contribution in [-0.4, -0.2) is 34.2 Å². The number of imide groups is 1. The number of hydrogen-bond acceptors (Lipinski definition) is 7. The molecule has 1 fully saturated rings. The van der Waals surface area contributed by atoms with E-state index in [1.165, 1.54) is 34.9 Å². The monoisotopic (exact) mass is 566 g/mol.